The molecule has 1 aromatic heterocycles. The summed E-state index contributed by atoms with van der Waals surface area (Å²) in [4.78, 5) is 15.0. The third-order valence-corrected chi connectivity index (χ3v) is 3.55. The fourth-order valence-electron chi connectivity index (χ4n) is 1.84. The van der Waals surface area contributed by atoms with E-state index in [1.807, 2.05) is 42.7 Å². The highest BCUT2D eigenvalue weighted by atomic mass is 32.2. The molecule has 106 valence electrons. The van der Waals surface area contributed by atoms with Gasteiger partial charge in [-0.3, -0.25) is 9.36 Å². The highest BCUT2D eigenvalue weighted by Crippen LogP contribution is 2.25. The molecule has 0 aliphatic carbocycles. The first kappa shape index (κ1) is 14.5. The average Bonchev–Trinajstić information content (AvgIpc) is 2.78. The summed E-state index contributed by atoms with van der Waals surface area (Å²) in [5, 5.41) is 9.44. The number of rotatable bonds is 6. The van der Waals surface area contributed by atoms with Crippen molar-refractivity contribution in [1.29, 1.82) is 0 Å². The van der Waals surface area contributed by atoms with Gasteiger partial charge in [-0.25, -0.2) is 4.98 Å². The fraction of sp³-hybridized carbons (Fsp3) is 0.286. The second-order valence-corrected chi connectivity index (χ2v) is 5.07. The van der Waals surface area contributed by atoms with E-state index in [1.165, 1.54) is 11.8 Å². The maximum absolute atomic E-state index is 10.7. The van der Waals surface area contributed by atoms with Crippen molar-refractivity contribution in [3.05, 3.63) is 36.2 Å². The van der Waals surface area contributed by atoms with E-state index in [1.54, 1.807) is 6.20 Å². The molecular weight excluding hydrogens is 276 g/mol. The molecule has 2 rings (SSSR count). The number of imidazole rings is 1. The van der Waals surface area contributed by atoms with Gasteiger partial charge in [-0.2, -0.15) is 0 Å². The van der Waals surface area contributed by atoms with Gasteiger partial charge in [-0.15, -0.1) is 0 Å². The molecule has 0 saturated heterocycles. The molecule has 0 amide bonds. The van der Waals surface area contributed by atoms with Crippen LogP contribution in [0.15, 0.2) is 35.6 Å². The minimum Gasteiger partial charge on any atom is -0.494 e. The van der Waals surface area contributed by atoms with E-state index in [2.05, 4.69) is 4.98 Å². The van der Waals surface area contributed by atoms with Crippen LogP contribution < -0.4 is 4.74 Å². The van der Waals surface area contributed by atoms with Gasteiger partial charge >= 0.3 is 5.97 Å². The van der Waals surface area contributed by atoms with Crippen molar-refractivity contribution in [2.24, 2.45) is 0 Å². The molecule has 0 radical (unpaired) electrons. The van der Waals surface area contributed by atoms with E-state index >= 15 is 0 Å². The molecule has 1 N–H and O–H groups in total. The Morgan fingerprint density at radius 1 is 1.50 bits per heavy atom. The summed E-state index contributed by atoms with van der Waals surface area (Å²) in [6.07, 6.45) is 1.73. The minimum absolute atomic E-state index is 0.0123. The van der Waals surface area contributed by atoms with Gasteiger partial charge in [-0.1, -0.05) is 17.8 Å². The summed E-state index contributed by atoms with van der Waals surface area (Å²) in [7, 11) is 0. The zero-order chi connectivity index (χ0) is 14.5. The van der Waals surface area contributed by atoms with Gasteiger partial charge in [0.25, 0.3) is 0 Å². The first-order valence-electron chi connectivity index (χ1n) is 6.24. The maximum Gasteiger partial charge on any atom is 0.313 e. The summed E-state index contributed by atoms with van der Waals surface area (Å²) in [6, 6.07) is 7.67. The highest BCUT2D eigenvalue weighted by molar-refractivity contribution is 7.99. The smallest absolute Gasteiger partial charge is 0.313 e. The van der Waals surface area contributed by atoms with E-state index in [9.17, 15) is 4.79 Å². The molecular formula is C14H16N2O3S. The van der Waals surface area contributed by atoms with Crippen molar-refractivity contribution >= 4 is 17.7 Å². The van der Waals surface area contributed by atoms with Crippen LogP contribution in [0.5, 0.6) is 5.75 Å². The molecule has 0 fully saturated rings. The number of hydrogen-bond donors (Lipinski definition) is 1. The Bertz CT molecular complexity index is 610. The topological polar surface area (TPSA) is 64.4 Å². The molecule has 0 bridgehead atoms. The Balaban J connectivity index is 2.33. The number of aliphatic carboxylic acids is 1. The Kier molecular flexibility index (Phi) is 4.68. The van der Waals surface area contributed by atoms with Crippen molar-refractivity contribution in [3.8, 4) is 11.4 Å². The second-order valence-electron chi connectivity index (χ2n) is 4.13. The zero-order valence-corrected chi connectivity index (χ0v) is 12.2. The standard InChI is InChI=1S/C14H16N2O3S/c1-3-19-12-6-4-5-11(7-12)16-10(2)8-15-14(16)20-9-13(17)18/h4-8H,3,9H2,1-2H3,(H,17,18). The van der Waals surface area contributed by atoms with Crippen molar-refractivity contribution in [1.82, 2.24) is 9.55 Å². The highest BCUT2D eigenvalue weighted by Gasteiger charge is 2.11. The van der Waals surface area contributed by atoms with Crippen LogP contribution in [0.1, 0.15) is 12.6 Å². The van der Waals surface area contributed by atoms with Gasteiger partial charge in [0, 0.05) is 18.0 Å². The number of carboxylic acid groups (broad SMARTS) is 1. The maximum atomic E-state index is 10.7. The van der Waals surface area contributed by atoms with E-state index in [-0.39, 0.29) is 5.75 Å². The molecule has 20 heavy (non-hydrogen) atoms. The molecule has 5 nitrogen and oxygen atoms in total. The number of aryl methyl sites for hydroxylation is 1. The summed E-state index contributed by atoms with van der Waals surface area (Å²) >= 11 is 1.20. The Morgan fingerprint density at radius 2 is 2.30 bits per heavy atom. The molecule has 0 unspecified atom stereocenters. The van der Waals surface area contributed by atoms with Crippen LogP contribution in [0.25, 0.3) is 5.69 Å². The van der Waals surface area contributed by atoms with Gasteiger partial charge < -0.3 is 9.84 Å². The van der Waals surface area contributed by atoms with Crippen LogP contribution >= 0.6 is 11.8 Å². The van der Waals surface area contributed by atoms with Gasteiger partial charge in [0.05, 0.1) is 18.0 Å². The number of ether oxygens (including phenoxy) is 1. The van der Waals surface area contributed by atoms with Gasteiger partial charge in [-0.05, 0) is 26.0 Å². The number of carbonyl (C=O) groups is 1. The lowest BCUT2D eigenvalue weighted by atomic mass is 10.3. The average molecular weight is 292 g/mol. The molecule has 1 heterocycles. The molecule has 6 heteroatoms. The predicted octanol–water partition coefficient (Wildman–Crippen LogP) is 2.76. The van der Waals surface area contributed by atoms with Crippen molar-refractivity contribution < 1.29 is 14.6 Å². The Labute approximate surface area is 121 Å². The van der Waals surface area contributed by atoms with Crippen LogP contribution in [0, 0.1) is 6.92 Å². The number of benzene rings is 1. The molecule has 0 aliphatic heterocycles. The number of aromatic nitrogens is 2. The minimum atomic E-state index is -0.856. The van der Waals surface area contributed by atoms with Crippen molar-refractivity contribution in [2.75, 3.05) is 12.4 Å². The molecule has 2 aromatic rings. The number of thioether (sulfide) groups is 1. The van der Waals surface area contributed by atoms with Crippen molar-refractivity contribution in [2.45, 2.75) is 19.0 Å². The summed E-state index contributed by atoms with van der Waals surface area (Å²) in [5.74, 6) is -0.0840. The van der Waals surface area contributed by atoms with E-state index in [0.29, 0.717) is 11.8 Å². The number of hydrogen-bond acceptors (Lipinski definition) is 4. The Morgan fingerprint density at radius 3 is 3.00 bits per heavy atom. The lowest BCUT2D eigenvalue weighted by Crippen LogP contribution is -2.03. The summed E-state index contributed by atoms with van der Waals surface area (Å²) in [5.41, 5.74) is 1.87. The quantitative estimate of drug-likeness (QED) is 0.829. The zero-order valence-electron chi connectivity index (χ0n) is 11.4. The lowest BCUT2D eigenvalue weighted by Gasteiger charge is -2.11. The van der Waals surface area contributed by atoms with Crippen molar-refractivity contribution in [3.63, 3.8) is 0 Å². The van der Waals surface area contributed by atoms with E-state index in [4.69, 9.17) is 9.84 Å². The van der Waals surface area contributed by atoms with Crippen LogP contribution in [-0.4, -0.2) is 33.0 Å². The number of carboxylic acids is 1. The third kappa shape index (κ3) is 3.33. The van der Waals surface area contributed by atoms with Gasteiger partial charge in [0.15, 0.2) is 5.16 Å². The third-order valence-electron chi connectivity index (χ3n) is 2.62. The molecule has 0 atom stereocenters. The fourth-order valence-corrected chi connectivity index (χ4v) is 2.59. The monoisotopic (exact) mass is 292 g/mol. The van der Waals surface area contributed by atoms with Crippen LogP contribution in [0.4, 0.5) is 0 Å². The molecule has 0 aliphatic rings. The predicted molar refractivity (Wildman–Crippen MR) is 77.8 cm³/mol. The van der Waals surface area contributed by atoms with Crippen LogP contribution in [-0.2, 0) is 4.79 Å². The first-order valence-corrected chi connectivity index (χ1v) is 7.22. The van der Waals surface area contributed by atoms with E-state index < -0.39 is 5.97 Å². The Hall–Kier alpha value is -1.95. The first-order chi connectivity index (χ1) is 9.61. The van der Waals surface area contributed by atoms with Crippen LogP contribution in [0.3, 0.4) is 0 Å². The molecule has 0 saturated carbocycles. The van der Waals surface area contributed by atoms with E-state index in [0.717, 1.165) is 17.1 Å². The molecule has 1 aromatic carbocycles. The largest absolute Gasteiger partial charge is 0.494 e. The normalized spacial score (nSPS) is 10.5. The summed E-state index contributed by atoms with van der Waals surface area (Å²) in [6.45, 7) is 4.47. The van der Waals surface area contributed by atoms with Crippen LogP contribution in [0.2, 0.25) is 0 Å². The second kappa shape index (κ2) is 6.47. The van der Waals surface area contributed by atoms with Gasteiger partial charge in [0.1, 0.15) is 5.75 Å². The SMILES string of the molecule is CCOc1cccc(-n2c(C)cnc2SCC(=O)O)c1. The lowest BCUT2D eigenvalue weighted by molar-refractivity contribution is -0.133. The molecule has 0 spiro atoms. The number of nitrogens with zero attached hydrogens (tertiary/aromatic N) is 2. The van der Waals surface area contributed by atoms with Gasteiger partial charge in [0.2, 0.25) is 0 Å². The summed E-state index contributed by atoms with van der Waals surface area (Å²) < 4.78 is 7.41.